The molecule has 3 aromatic rings. The van der Waals surface area contributed by atoms with Crippen molar-refractivity contribution in [2.75, 3.05) is 6.54 Å². The number of carboxylic acids is 1. The number of aromatic carboxylic acids is 1. The standard InChI is InChI=1S/C20H19N3O3/c1-12-4-9-15-16(11-12)22-18(21-15)17-3-2-10-23(17)19(24)13-5-7-14(8-6-13)20(25)26/h4-9,11,17H,2-3,10H2,1H3,(H,21,22)(H,25,26). The number of benzene rings is 2. The van der Waals surface area contributed by atoms with E-state index in [1.165, 1.54) is 12.1 Å². The van der Waals surface area contributed by atoms with Crippen molar-refractivity contribution in [3.05, 3.63) is 65.0 Å². The molecule has 1 aliphatic heterocycles. The van der Waals surface area contributed by atoms with Crippen LogP contribution in [0.15, 0.2) is 42.5 Å². The third-order valence-corrected chi connectivity index (χ3v) is 4.86. The monoisotopic (exact) mass is 349 g/mol. The van der Waals surface area contributed by atoms with E-state index in [1.807, 2.05) is 24.0 Å². The number of aromatic nitrogens is 2. The number of carbonyl (C=O) groups is 2. The van der Waals surface area contributed by atoms with Gasteiger partial charge in [0.1, 0.15) is 5.82 Å². The maximum Gasteiger partial charge on any atom is 0.335 e. The Hall–Kier alpha value is -3.15. The van der Waals surface area contributed by atoms with E-state index < -0.39 is 5.97 Å². The van der Waals surface area contributed by atoms with Crippen molar-refractivity contribution < 1.29 is 14.7 Å². The number of H-pyrrole nitrogens is 1. The lowest BCUT2D eigenvalue weighted by molar-refractivity contribution is 0.0692. The van der Waals surface area contributed by atoms with Crippen LogP contribution in [0.2, 0.25) is 0 Å². The van der Waals surface area contributed by atoms with Gasteiger partial charge in [0.25, 0.3) is 5.91 Å². The summed E-state index contributed by atoms with van der Waals surface area (Å²) in [5.74, 6) is -0.291. The first-order chi connectivity index (χ1) is 12.5. The number of hydrogen-bond donors (Lipinski definition) is 2. The first-order valence-corrected chi connectivity index (χ1v) is 8.63. The number of fused-ring (bicyclic) bond motifs is 1. The zero-order valence-corrected chi connectivity index (χ0v) is 14.4. The Kier molecular flexibility index (Phi) is 3.95. The molecule has 1 saturated heterocycles. The Morgan fingerprint density at radius 1 is 1.15 bits per heavy atom. The normalized spacial score (nSPS) is 17.0. The number of carbonyl (C=O) groups excluding carboxylic acids is 1. The van der Waals surface area contributed by atoms with Gasteiger partial charge in [0.2, 0.25) is 0 Å². The molecule has 0 aliphatic carbocycles. The third kappa shape index (κ3) is 2.83. The second-order valence-electron chi connectivity index (χ2n) is 6.68. The minimum absolute atomic E-state index is 0.0886. The van der Waals surface area contributed by atoms with Crippen LogP contribution < -0.4 is 0 Å². The van der Waals surface area contributed by atoms with Gasteiger partial charge in [-0.05, 0) is 61.7 Å². The highest BCUT2D eigenvalue weighted by atomic mass is 16.4. The van der Waals surface area contributed by atoms with Crippen LogP contribution in [0.3, 0.4) is 0 Å². The SMILES string of the molecule is Cc1ccc2nc(C3CCCN3C(=O)c3ccc(C(=O)O)cc3)[nH]c2c1. The lowest BCUT2D eigenvalue weighted by Crippen LogP contribution is -2.31. The first-order valence-electron chi connectivity index (χ1n) is 8.63. The number of aryl methyl sites for hydroxylation is 1. The second-order valence-corrected chi connectivity index (χ2v) is 6.68. The summed E-state index contributed by atoms with van der Waals surface area (Å²) in [4.78, 5) is 33.7. The predicted octanol–water partition coefficient (Wildman–Crippen LogP) is 3.55. The topological polar surface area (TPSA) is 86.3 Å². The molecule has 6 nitrogen and oxygen atoms in total. The molecule has 0 radical (unpaired) electrons. The number of likely N-dealkylation sites (tertiary alicyclic amines) is 1. The second kappa shape index (κ2) is 6.29. The average Bonchev–Trinajstić information content (AvgIpc) is 3.27. The van der Waals surface area contributed by atoms with Crippen LogP contribution in [0, 0.1) is 6.92 Å². The molecule has 2 aromatic carbocycles. The van der Waals surface area contributed by atoms with Crippen molar-refractivity contribution in [2.24, 2.45) is 0 Å². The molecule has 1 fully saturated rings. The number of aromatic amines is 1. The van der Waals surface area contributed by atoms with Gasteiger partial charge >= 0.3 is 5.97 Å². The summed E-state index contributed by atoms with van der Waals surface area (Å²) in [6.45, 7) is 2.70. The summed E-state index contributed by atoms with van der Waals surface area (Å²) in [7, 11) is 0. The summed E-state index contributed by atoms with van der Waals surface area (Å²) >= 11 is 0. The Bertz CT molecular complexity index is 991. The zero-order valence-electron chi connectivity index (χ0n) is 14.4. The van der Waals surface area contributed by atoms with Crippen molar-refractivity contribution in [1.82, 2.24) is 14.9 Å². The summed E-state index contributed by atoms with van der Waals surface area (Å²) in [5, 5.41) is 9.00. The number of nitrogens with one attached hydrogen (secondary N) is 1. The Balaban J connectivity index is 1.62. The third-order valence-electron chi connectivity index (χ3n) is 4.86. The van der Waals surface area contributed by atoms with E-state index in [9.17, 15) is 9.59 Å². The Labute approximate surface area is 150 Å². The number of rotatable bonds is 3. The molecule has 2 N–H and O–H groups in total. The smallest absolute Gasteiger partial charge is 0.335 e. The van der Waals surface area contributed by atoms with Crippen LogP contribution in [0.25, 0.3) is 11.0 Å². The highest BCUT2D eigenvalue weighted by Gasteiger charge is 2.32. The molecule has 2 heterocycles. The van der Waals surface area contributed by atoms with Gasteiger partial charge < -0.3 is 15.0 Å². The minimum Gasteiger partial charge on any atom is -0.478 e. The summed E-state index contributed by atoms with van der Waals surface area (Å²) in [6, 6.07) is 12.0. The predicted molar refractivity (Wildman–Crippen MR) is 97.2 cm³/mol. The molecular weight excluding hydrogens is 330 g/mol. The molecule has 0 bridgehead atoms. The molecule has 1 amide bonds. The van der Waals surface area contributed by atoms with Crippen LogP contribution in [0.1, 0.15) is 51.0 Å². The van der Waals surface area contributed by atoms with Crippen LogP contribution in [0.5, 0.6) is 0 Å². The van der Waals surface area contributed by atoms with Crippen LogP contribution >= 0.6 is 0 Å². The van der Waals surface area contributed by atoms with E-state index >= 15 is 0 Å². The summed E-state index contributed by atoms with van der Waals surface area (Å²) in [6.07, 6.45) is 1.78. The molecule has 6 heteroatoms. The quantitative estimate of drug-likeness (QED) is 0.757. The molecule has 4 rings (SSSR count). The number of amides is 1. The van der Waals surface area contributed by atoms with Gasteiger partial charge in [-0.1, -0.05) is 6.07 Å². The summed E-state index contributed by atoms with van der Waals surface area (Å²) in [5.41, 5.74) is 3.70. The van der Waals surface area contributed by atoms with Gasteiger partial charge in [-0.3, -0.25) is 4.79 Å². The fourth-order valence-corrected chi connectivity index (χ4v) is 3.52. The van der Waals surface area contributed by atoms with E-state index in [0.29, 0.717) is 12.1 Å². The zero-order chi connectivity index (χ0) is 18.3. The number of carboxylic acid groups (broad SMARTS) is 1. The van der Waals surface area contributed by atoms with E-state index in [0.717, 1.165) is 35.3 Å². The highest BCUT2D eigenvalue weighted by Crippen LogP contribution is 2.32. The van der Waals surface area contributed by atoms with E-state index in [4.69, 9.17) is 5.11 Å². The maximum absolute atomic E-state index is 12.9. The maximum atomic E-state index is 12.9. The molecule has 1 unspecified atom stereocenters. The molecule has 26 heavy (non-hydrogen) atoms. The van der Waals surface area contributed by atoms with Gasteiger partial charge in [0, 0.05) is 12.1 Å². The largest absolute Gasteiger partial charge is 0.478 e. The van der Waals surface area contributed by atoms with E-state index in [1.54, 1.807) is 12.1 Å². The van der Waals surface area contributed by atoms with Gasteiger partial charge in [0.05, 0.1) is 22.6 Å². The minimum atomic E-state index is -0.999. The summed E-state index contributed by atoms with van der Waals surface area (Å²) < 4.78 is 0. The molecule has 1 atom stereocenters. The first kappa shape index (κ1) is 16.3. The van der Waals surface area contributed by atoms with Crippen LogP contribution in [-0.2, 0) is 0 Å². The van der Waals surface area contributed by atoms with Gasteiger partial charge in [-0.25, -0.2) is 9.78 Å². The van der Waals surface area contributed by atoms with Crippen molar-refractivity contribution >= 4 is 22.9 Å². The molecule has 1 aliphatic rings. The fourth-order valence-electron chi connectivity index (χ4n) is 3.52. The van der Waals surface area contributed by atoms with Gasteiger partial charge in [-0.2, -0.15) is 0 Å². The lowest BCUT2D eigenvalue weighted by Gasteiger charge is -2.23. The van der Waals surface area contributed by atoms with E-state index in [-0.39, 0.29) is 17.5 Å². The van der Waals surface area contributed by atoms with Crippen molar-refractivity contribution in [3.63, 3.8) is 0 Å². The van der Waals surface area contributed by atoms with Crippen molar-refractivity contribution in [1.29, 1.82) is 0 Å². The lowest BCUT2D eigenvalue weighted by atomic mass is 10.1. The number of nitrogens with zero attached hydrogens (tertiary/aromatic N) is 2. The van der Waals surface area contributed by atoms with Gasteiger partial charge in [-0.15, -0.1) is 0 Å². The molecular formula is C20H19N3O3. The van der Waals surface area contributed by atoms with Crippen LogP contribution in [-0.4, -0.2) is 38.4 Å². The fraction of sp³-hybridized carbons (Fsp3) is 0.250. The molecule has 0 spiro atoms. The van der Waals surface area contributed by atoms with Gasteiger partial charge in [0.15, 0.2) is 0 Å². The van der Waals surface area contributed by atoms with Crippen LogP contribution in [0.4, 0.5) is 0 Å². The van der Waals surface area contributed by atoms with E-state index in [2.05, 4.69) is 16.0 Å². The molecule has 132 valence electrons. The molecule has 1 aromatic heterocycles. The Morgan fingerprint density at radius 3 is 2.62 bits per heavy atom. The van der Waals surface area contributed by atoms with Crippen molar-refractivity contribution in [2.45, 2.75) is 25.8 Å². The van der Waals surface area contributed by atoms with Crippen molar-refractivity contribution in [3.8, 4) is 0 Å². The number of imidazole rings is 1. The molecule has 0 saturated carbocycles. The highest BCUT2D eigenvalue weighted by molar-refractivity contribution is 5.96. The Morgan fingerprint density at radius 2 is 1.88 bits per heavy atom. The number of hydrogen-bond acceptors (Lipinski definition) is 3. The average molecular weight is 349 g/mol.